The summed E-state index contributed by atoms with van der Waals surface area (Å²) in [6, 6.07) is 21.5. The van der Waals surface area contributed by atoms with Crippen molar-refractivity contribution in [1.82, 2.24) is 4.57 Å². The molecule has 3 aromatic heterocycles. The molecule has 0 fully saturated rings. The highest BCUT2D eigenvalue weighted by atomic mass is 19.1. The third-order valence-electron chi connectivity index (χ3n) is 5.80. The Morgan fingerprint density at radius 2 is 1.66 bits per heavy atom. The molecule has 3 aromatic carbocycles. The van der Waals surface area contributed by atoms with E-state index in [2.05, 4.69) is 77.8 Å². The van der Waals surface area contributed by atoms with Crippen molar-refractivity contribution in [3.05, 3.63) is 84.3 Å². The fourth-order valence-electron chi connectivity index (χ4n) is 4.50. The molecule has 0 amide bonds. The molecule has 6 rings (SSSR count). The SMILES string of the molecule is Cc1ccc2c(oc3cc(F)ccc32)c1-n1c2ccccc2c2ccc[n+](C)c21. The van der Waals surface area contributed by atoms with Gasteiger partial charge >= 0.3 is 0 Å². The zero-order valence-corrected chi connectivity index (χ0v) is 16.1. The zero-order valence-electron chi connectivity index (χ0n) is 16.1. The van der Waals surface area contributed by atoms with Gasteiger partial charge in [0.15, 0.2) is 11.3 Å². The molecule has 0 unspecified atom stereocenters. The minimum absolute atomic E-state index is 0.293. The average Bonchev–Trinajstić information content (AvgIpc) is 3.24. The van der Waals surface area contributed by atoms with E-state index in [4.69, 9.17) is 4.42 Å². The predicted octanol–water partition coefficient (Wildman–Crippen LogP) is 5.96. The highest BCUT2D eigenvalue weighted by Gasteiger charge is 2.26. The Labute approximate surface area is 166 Å². The van der Waals surface area contributed by atoms with E-state index >= 15 is 0 Å². The maximum absolute atomic E-state index is 13.8. The number of nitrogens with zero attached hydrogens (tertiary/aromatic N) is 2. The average molecular weight is 381 g/mol. The van der Waals surface area contributed by atoms with E-state index in [9.17, 15) is 4.39 Å². The molecule has 0 N–H and O–H groups in total. The van der Waals surface area contributed by atoms with Gasteiger partial charge in [0, 0.05) is 27.8 Å². The minimum atomic E-state index is -0.293. The van der Waals surface area contributed by atoms with E-state index in [-0.39, 0.29) is 5.82 Å². The third kappa shape index (κ3) is 2.14. The number of halogens is 1. The minimum Gasteiger partial charge on any atom is -0.451 e. The normalized spacial score (nSPS) is 12.0. The fourth-order valence-corrected chi connectivity index (χ4v) is 4.50. The standard InChI is InChI=1S/C25H18FN2O/c1-15-9-11-19-18-12-10-16(26)14-22(18)29-24(19)23(15)28-21-8-4-3-6-17(21)20-7-5-13-27(2)25(20)28/h3-14H,1-2H3/q+1. The number of benzene rings is 3. The van der Waals surface area contributed by atoms with Crippen LogP contribution < -0.4 is 4.57 Å². The van der Waals surface area contributed by atoms with Crippen molar-refractivity contribution in [1.29, 1.82) is 0 Å². The second-order valence-corrected chi connectivity index (χ2v) is 7.56. The van der Waals surface area contributed by atoms with Crippen molar-refractivity contribution in [2.75, 3.05) is 0 Å². The first kappa shape index (κ1) is 16.3. The number of aryl methyl sites for hydroxylation is 2. The van der Waals surface area contributed by atoms with E-state index in [1.807, 2.05) is 0 Å². The molecular formula is C25H18FN2O+. The van der Waals surface area contributed by atoms with Gasteiger partial charge < -0.3 is 4.42 Å². The molecule has 0 aliphatic rings. The maximum Gasteiger partial charge on any atom is 0.295 e. The molecule has 0 aliphatic heterocycles. The van der Waals surface area contributed by atoms with E-state index < -0.39 is 0 Å². The molecule has 3 nitrogen and oxygen atoms in total. The Morgan fingerprint density at radius 3 is 2.55 bits per heavy atom. The second-order valence-electron chi connectivity index (χ2n) is 7.56. The molecule has 0 saturated carbocycles. The highest BCUT2D eigenvalue weighted by molar-refractivity contribution is 6.11. The Balaban J connectivity index is 1.87. The number of hydrogen-bond acceptors (Lipinski definition) is 1. The molecule has 4 heteroatoms. The zero-order chi connectivity index (χ0) is 19.7. The lowest BCUT2D eigenvalue weighted by Gasteiger charge is -2.06. The lowest BCUT2D eigenvalue weighted by molar-refractivity contribution is -0.647. The van der Waals surface area contributed by atoms with Crippen LogP contribution in [0.25, 0.3) is 49.6 Å². The van der Waals surface area contributed by atoms with Gasteiger partial charge in [-0.1, -0.05) is 18.2 Å². The number of furan rings is 1. The first-order valence-corrected chi connectivity index (χ1v) is 9.63. The van der Waals surface area contributed by atoms with E-state index in [1.54, 1.807) is 6.07 Å². The van der Waals surface area contributed by atoms with Crippen LogP contribution in [0, 0.1) is 12.7 Å². The Morgan fingerprint density at radius 1 is 0.862 bits per heavy atom. The van der Waals surface area contributed by atoms with Gasteiger partial charge in [-0.05, 0) is 49.4 Å². The van der Waals surface area contributed by atoms with Crippen LogP contribution in [0.4, 0.5) is 4.39 Å². The quantitative estimate of drug-likeness (QED) is 0.322. The van der Waals surface area contributed by atoms with Crippen LogP contribution in [0.1, 0.15) is 5.56 Å². The molecule has 0 spiro atoms. The monoisotopic (exact) mass is 381 g/mol. The number of rotatable bonds is 1. The van der Waals surface area contributed by atoms with Gasteiger partial charge in [-0.3, -0.25) is 0 Å². The van der Waals surface area contributed by atoms with Crippen LogP contribution in [-0.4, -0.2) is 4.57 Å². The number of hydrogen-bond donors (Lipinski definition) is 0. The van der Waals surface area contributed by atoms with Crippen molar-refractivity contribution in [3.8, 4) is 5.69 Å². The first-order chi connectivity index (χ1) is 14.1. The van der Waals surface area contributed by atoms with Crippen LogP contribution in [0.15, 0.2) is 77.3 Å². The van der Waals surface area contributed by atoms with Crippen LogP contribution in [0.5, 0.6) is 0 Å². The number of aromatic nitrogens is 2. The molecular weight excluding hydrogens is 363 g/mol. The van der Waals surface area contributed by atoms with Crippen molar-refractivity contribution in [2.24, 2.45) is 7.05 Å². The molecule has 0 radical (unpaired) electrons. The summed E-state index contributed by atoms with van der Waals surface area (Å²) >= 11 is 0. The number of pyridine rings is 1. The summed E-state index contributed by atoms with van der Waals surface area (Å²) < 4.78 is 24.5. The van der Waals surface area contributed by atoms with Crippen molar-refractivity contribution >= 4 is 43.9 Å². The van der Waals surface area contributed by atoms with Crippen LogP contribution >= 0.6 is 0 Å². The second kappa shape index (κ2) is 5.67. The van der Waals surface area contributed by atoms with E-state index in [0.717, 1.165) is 38.8 Å². The topological polar surface area (TPSA) is 21.9 Å². The Hall–Kier alpha value is -3.66. The summed E-state index contributed by atoms with van der Waals surface area (Å²) in [5.41, 5.74) is 5.65. The van der Waals surface area contributed by atoms with Crippen molar-refractivity contribution < 1.29 is 13.4 Å². The predicted molar refractivity (Wildman–Crippen MR) is 114 cm³/mol. The van der Waals surface area contributed by atoms with Gasteiger partial charge in [0.05, 0.1) is 18.6 Å². The van der Waals surface area contributed by atoms with E-state index in [0.29, 0.717) is 5.58 Å². The van der Waals surface area contributed by atoms with Crippen molar-refractivity contribution in [2.45, 2.75) is 6.92 Å². The summed E-state index contributed by atoms with van der Waals surface area (Å²) in [7, 11) is 2.06. The lowest BCUT2D eigenvalue weighted by Crippen LogP contribution is -2.30. The van der Waals surface area contributed by atoms with Crippen molar-refractivity contribution in [3.63, 3.8) is 0 Å². The van der Waals surface area contributed by atoms with Gasteiger partial charge in [-0.2, -0.15) is 4.57 Å². The Bertz CT molecular complexity index is 1590. The smallest absolute Gasteiger partial charge is 0.295 e. The Kier molecular flexibility index (Phi) is 3.19. The number of fused-ring (bicyclic) bond motifs is 6. The third-order valence-corrected chi connectivity index (χ3v) is 5.80. The molecule has 6 aromatic rings. The molecule has 3 heterocycles. The summed E-state index contributed by atoms with van der Waals surface area (Å²) in [4.78, 5) is 0. The molecule has 0 aliphatic carbocycles. The maximum atomic E-state index is 13.8. The summed E-state index contributed by atoms with van der Waals surface area (Å²) in [6.45, 7) is 2.09. The van der Waals surface area contributed by atoms with Crippen LogP contribution in [0.2, 0.25) is 0 Å². The van der Waals surface area contributed by atoms with Gasteiger partial charge in [-0.15, -0.1) is 0 Å². The summed E-state index contributed by atoms with van der Waals surface area (Å²) in [5, 5.41) is 4.29. The van der Waals surface area contributed by atoms with Gasteiger partial charge in [-0.25, -0.2) is 8.96 Å². The lowest BCUT2D eigenvalue weighted by atomic mass is 10.1. The van der Waals surface area contributed by atoms with Gasteiger partial charge in [0.25, 0.3) is 5.65 Å². The first-order valence-electron chi connectivity index (χ1n) is 9.63. The molecule has 29 heavy (non-hydrogen) atoms. The molecule has 0 saturated heterocycles. The van der Waals surface area contributed by atoms with E-state index in [1.165, 1.54) is 22.9 Å². The van der Waals surface area contributed by atoms with Gasteiger partial charge in [0.1, 0.15) is 16.9 Å². The summed E-state index contributed by atoms with van der Waals surface area (Å²) in [5.74, 6) is -0.293. The summed E-state index contributed by atoms with van der Waals surface area (Å²) in [6.07, 6.45) is 2.06. The fraction of sp³-hybridized carbons (Fsp3) is 0.0800. The van der Waals surface area contributed by atoms with Gasteiger partial charge in [0.2, 0.25) is 0 Å². The number of para-hydroxylation sites is 1. The molecule has 140 valence electrons. The van der Waals surface area contributed by atoms with Crippen LogP contribution in [-0.2, 0) is 7.05 Å². The molecule has 0 atom stereocenters. The highest BCUT2D eigenvalue weighted by Crippen LogP contribution is 2.38. The molecule has 0 bridgehead atoms. The largest absolute Gasteiger partial charge is 0.451 e. The van der Waals surface area contributed by atoms with Crippen LogP contribution in [0.3, 0.4) is 0 Å².